The van der Waals surface area contributed by atoms with Gasteiger partial charge in [-0.05, 0) is 26.2 Å². The van der Waals surface area contributed by atoms with Crippen LogP contribution in [0.3, 0.4) is 0 Å². The van der Waals surface area contributed by atoms with Crippen LogP contribution < -0.4 is 5.32 Å². The molecule has 0 heterocycles. The van der Waals surface area contributed by atoms with E-state index in [4.69, 9.17) is 9.47 Å². The molecule has 1 amide bonds. The third-order valence-corrected chi connectivity index (χ3v) is 4.86. The summed E-state index contributed by atoms with van der Waals surface area (Å²) in [6.45, 7) is 5.57. The second-order valence-electron chi connectivity index (χ2n) is 7.57. The van der Waals surface area contributed by atoms with Gasteiger partial charge in [-0.15, -0.1) is 0 Å². The predicted molar refractivity (Wildman–Crippen MR) is 116 cm³/mol. The normalized spacial score (nSPS) is 10.6. The van der Waals surface area contributed by atoms with Gasteiger partial charge in [-0.2, -0.15) is 0 Å². The van der Waals surface area contributed by atoms with Crippen molar-refractivity contribution in [2.45, 2.75) is 117 Å². The van der Waals surface area contributed by atoms with Crippen molar-refractivity contribution in [3.05, 3.63) is 0 Å². The first-order chi connectivity index (χ1) is 13.7. The summed E-state index contributed by atoms with van der Waals surface area (Å²) in [6.07, 6.45) is 18.4. The van der Waals surface area contributed by atoms with E-state index < -0.39 is 0 Å². The second-order valence-corrected chi connectivity index (χ2v) is 7.57. The number of amides is 1. The summed E-state index contributed by atoms with van der Waals surface area (Å²) in [7, 11) is 0. The van der Waals surface area contributed by atoms with Crippen molar-refractivity contribution >= 4 is 12.1 Å². The molecule has 0 aromatic rings. The Morgan fingerprint density at radius 1 is 0.643 bits per heavy atom. The molecule has 0 saturated carbocycles. The van der Waals surface area contributed by atoms with E-state index >= 15 is 0 Å². The summed E-state index contributed by atoms with van der Waals surface area (Å²) in [5.41, 5.74) is 0. The molecule has 0 spiro atoms. The predicted octanol–water partition coefficient (Wildman–Crippen LogP) is 6.54. The van der Waals surface area contributed by atoms with Crippen LogP contribution in [0.2, 0.25) is 0 Å². The van der Waals surface area contributed by atoms with E-state index in [1.807, 2.05) is 0 Å². The molecule has 0 fully saturated rings. The Hall–Kier alpha value is -1.26. The Morgan fingerprint density at radius 3 is 1.75 bits per heavy atom. The molecule has 28 heavy (non-hydrogen) atoms. The molecule has 0 rings (SSSR count). The zero-order valence-corrected chi connectivity index (χ0v) is 18.6. The number of unbranched alkanes of at least 4 members (excludes halogenated alkanes) is 13. The first-order valence-electron chi connectivity index (χ1n) is 11.8. The Kier molecular flexibility index (Phi) is 21.0. The van der Waals surface area contributed by atoms with Gasteiger partial charge in [0.05, 0.1) is 13.2 Å². The van der Waals surface area contributed by atoms with Crippen molar-refractivity contribution in [2.24, 2.45) is 0 Å². The van der Waals surface area contributed by atoms with Crippen molar-refractivity contribution in [2.75, 3.05) is 19.8 Å². The van der Waals surface area contributed by atoms with Crippen molar-refractivity contribution in [3.8, 4) is 0 Å². The van der Waals surface area contributed by atoms with Crippen LogP contribution in [0.4, 0.5) is 4.79 Å². The summed E-state index contributed by atoms with van der Waals surface area (Å²) in [6, 6.07) is 0. The monoisotopic (exact) mass is 399 g/mol. The molecule has 5 heteroatoms. The number of ether oxygens (including phenoxy) is 2. The molecule has 0 bridgehead atoms. The third-order valence-electron chi connectivity index (χ3n) is 4.86. The lowest BCUT2D eigenvalue weighted by molar-refractivity contribution is -0.143. The highest BCUT2D eigenvalue weighted by atomic mass is 16.5. The molecular weight excluding hydrogens is 354 g/mol. The van der Waals surface area contributed by atoms with Crippen molar-refractivity contribution in [1.29, 1.82) is 0 Å². The van der Waals surface area contributed by atoms with Gasteiger partial charge in [0, 0.05) is 13.0 Å². The number of carbonyl (C=O) groups excluding carboxylic acids is 2. The fourth-order valence-electron chi connectivity index (χ4n) is 3.14. The largest absolute Gasteiger partial charge is 0.466 e. The van der Waals surface area contributed by atoms with Crippen LogP contribution in [0.15, 0.2) is 0 Å². The van der Waals surface area contributed by atoms with Gasteiger partial charge in [0.25, 0.3) is 0 Å². The fraction of sp³-hybridized carbons (Fsp3) is 0.913. The van der Waals surface area contributed by atoms with E-state index in [9.17, 15) is 9.59 Å². The van der Waals surface area contributed by atoms with Crippen LogP contribution >= 0.6 is 0 Å². The molecule has 0 aliphatic carbocycles. The zero-order valence-electron chi connectivity index (χ0n) is 18.6. The molecule has 0 aromatic carbocycles. The second kappa shape index (κ2) is 22.0. The Balaban J connectivity index is 3.20. The van der Waals surface area contributed by atoms with Crippen LogP contribution in [-0.4, -0.2) is 31.8 Å². The van der Waals surface area contributed by atoms with Gasteiger partial charge in [0.2, 0.25) is 0 Å². The van der Waals surface area contributed by atoms with Crippen LogP contribution in [0.5, 0.6) is 0 Å². The highest BCUT2D eigenvalue weighted by Gasteiger charge is 2.03. The van der Waals surface area contributed by atoms with Gasteiger partial charge in [-0.25, -0.2) is 4.79 Å². The first kappa shape index (κ1) is 26.7. The van der Waals surface area contributed by atoms with E-state index in [1.165, 1.54) is 64.2 Å². The third kappa shape index (κ3) is 21.0. The molecule has 0 radical (unpaired) electrons. The number of nitrogens with one attached hydrogen (secondary N) is 1. The van der Waals surface area contributed by atoms with Gasteiger partial charge < -0.3 is 14.8 Å². The Labute approximate surface area is 173 Å². The lowest BCUT2D eigenvalue weighted by Gasteiger charge is -2.06. The van der Waals surface area contributed by atoms with E-state index in [0.29, 0.717) is 26.2 Å². The summed E-state index contributed by atoms with van der Waals surface area (Å²) in [4.78, 5) is 22.7. The average molecular weight is 400 g/mol. The molecule has 0 aliphatic rings. The SMILES string of the molecule is CCCCCCCCCCCCCCOC(=O)CCCCCNC(=O)OCC. The van der Waals surface area contributed by atoms with Crippen LogP contribution in [0.25, 0.3) is 0 Å². The number of hydrogen-bond acceptors (Lipinski definition) is 4. The average Bonchev–Trinajstić information content (AvgIpc) is 2.68. The molecule has 5 nitrogen and oxygen atoms in total. The number of carbonyl (C=O) groups is 2. The maximum atomic E-state index is 11.7. The maximum Gasteiger partial charge on any atom is 0.407 e. The van der Waals surface area contributed by atoms with E-state index in [-0.39, 0.29) is 12.1 Å². The van der Waals surface area contributed by atoms with Crippen LogP contribution in [0.1, 0.15) is 117 Å². The molecule has 0 atom stereocenters. The standard InChI is InChI=1S/C23H45NO4/c1-3-5-6-7-8-9-10-11-12-13-14-18-21-28-22(25)19-16-15-17-20-24-23(26)27-4-2/h3-21H2,1-2H3,(H,24,26). The highest BCUT2D eigenvalue weighted by molar-refractivity contribution is 5.69. The Bertz CT molecular complexity index is 361. The van der Waals surface area contributed by atoms with Crippen molar-refractivity contribution in [1.82, 2.24) is 5.32 Å². The molecule has 1 N–H and O–H groups in total. The topological polar surface area (TPSA) is 64.6 Å². The van der Waals surface area contributed by atoms with Crippen molar-refractivity contribution < 1.29 is 19.1 Å². The number of rotatable bonds is 20. The lowest BCUT2D eigenvalue weighted by atomic mass is 10.1. The van der Waals surface area contributed by atoms with Crippen LogP contribution in [-0.2, 0) is 14.3 Å². The van der Waals surface area contributed by atoms with Gasteiger partial charge in [-0.3, -0.25) is 4.79 Å². The molecule has 0 saturated heterocycles. The summed E-state index contributed by atoms with van der Waals surface area (Å²) in [5.74, 6) is -0.0959. The van der Waals surface area contributed by atoms with Crippen LogP contribution in [0, 0.1) is 0 Å². The minimum absolute atomic E-state index is 0.0959. The van der Waals surface area contributed by atoms with Gasteiger partial charge in [-0.1, -0.05) is 84.0 Å². The van der Waals surface area contributed by atoms with Gasteiger partial charge in [0.15, 0.2) is 0 Å². The van der Waals surface area contributed by atoms with E-state index in [1.54, 1.807) is 6.92 Å². The first-order valence-corrected chi connectivity index (χ1v) is 11.8. The van der Waals surface area contributed by atoms with Gasteiger partial charge in [0.1, 0.15) is 0 Å². The smallest absolute Gasteiger partial charge is 0.407 e. The molecule has 0 aromatic heterocycles. The van der Waals surface area contributed by atoms with Gasteiger partial charge >= 0.3 is 12.1 Å². The quantitative estimate of drug-likeness (QED) is 0.186. The number of esters is 1. The minimum atomic E-state index is -0.371. The lowest BCUT2D eigenvalue weighted by Crippen LogP contribution is -2.25. The summed E-state index contributed by atoms with van der Waals surface area (Å²) < 4.78 is 10.1. The molecular formula is C23H45NO4. The molecule has 0 unspecified atom stereocenters. The number of alkyl carbamates (subject to hydrolysis) is 1. The highest BCUT2D eigenvalue weighted by Crippen LogP contribution is 2.12. The molecule has 0 aliphatic heterocycles. The van der Waals surface area contributed by atoms with E-state index in [2.05, 4.69) is 12.2 Å². The van der Waals surface area contributed by atoms with E-state index in [0.717, 1.165) is 32.1 Å². The summed E-state index contributed by atoms with van der Waals surface area (Å²) in [5, 5.41) is 2.67. The van der Waals surface area contributed by atoms with Crippen molar-refractivity contribution in [3.63, 3.8) is 0 Å². The number of hydrogen-bond donors (Lipinski definition) is 1. The Morgan fingerprint density at radius 2 is 1.18 bits per heavy atom. The fourth-order valence-corrected chi connectivity index (χ4v) is 3.14. The zero-order chi connectivity index (χ0) is 20.7. The minimum Gasteiger partial charge on any atom is -0.466 e. The summed E-state index contributed by atoms with van der Waals surface area (Å²) >= 11 is 0. The maximum absolute atomic E-state index is 11.7. The molecule has 166 valence electrons.